The number of amides is 1. The Hall–Kier alpha value is -2.30. The van der Waals surface area contributed by atoms with Gasteiger partial charge in [0.05, 0.1) is 12.0 Å². The number of esters is 1. The van der Waals surface area contributed by atoms with E-state index in [0.29, 0.717) is 18.0 Å². The molecule has 1 heterocycles. The molecule has 1 aromatic rings. The molecule has 1 saturated heterocycles. The molecular weight excluding hydrogens is 494 g/mol. The lowest BCUT2D eigenvalue weighted by atomic mass is 10.0. The van der Waals surface area contributed by atoms with Crippen LogP contribution in [0.25, 0.3) is 0 Å². The van der Waals surface area contributed by atoms with Crippen LogP contribution in [0.4, 0.5) is 0 Å². The van der Waals surface area contributed by atoms with E-state index in [0.717, 1.165) is 19.4 Å². The van der Waals surface area contributed by atoms with E-state index >= 15 is 0 Å². The van der Waals surface area contributed by atoms with Gasteiger partial charge >= 0.3 is 5.97 Å². The van der Waals surface area contributed by atoms with Crippen LogP contribution in [0, 0.1) is 11.8 Å². The van der Waals surface area contributed by atoms with Gasteiger partial charge in [0.25, 0.3) is 5.91 Å². The number of hydroxylamine groups is 1. The third-order valence-corrected chi connectivity index (χ3v) is 8.46. The van der Waals surface area contributed by atoms with Crippen LogP contribution in [0.2, 0.25) is 0 Å². The molecule has 3 N–H and O–H groups in total. The fourth-order valence-electron chi connectivity index (χ4n) is 3.71. The second-order valence-corrected chi connectivity index (χ2v) is 11.8. The van der Waals surface area contributed by atoms with Gasteiger partial charge in [-0.25, -0.2) is 13.9 Å². The van der Waals surface area contributed by atoms with Crippen molar-refractivity contribution in [3.05, 3.63) is 24.3 Å². The molecule has 12 heteroatoms. The summed E-state index contributed by atoms with van der Waals surface area (Å²) in [5.74, 6) is 5.29. The highest BCUT2D eigenvalue weighted by molar-refractivity contribution is 8.00. The molecule has 194 valence electrons. The van der Waals surface area contributed by atoms with Gasteiger partial charge in [0, 0.05) is 17.0 Å². The highest BCUT2D eigenvalue weighted by Gasteiger charge is 2.39. The monoisotopic (exact) mass is 527 g/mol. The minimum Gasteiger partial charge on any atom is -0.481 e. The predicted molar refractivity (Wildman–Crippen MR) is 133 cm³/mol. The maximum atomic E-state index is 13.0. The fourth-order valence-corrected chi connectivity index (χ4v) is 6.31. The van der Waals surface area contributed by atoms with Crippen LogP contribution in [-0.4, -0.2) is 79.8 Å². The molecule has 2 atom stereocenters. The minimum absolute atomic E-state index is 0.0547. The summed E-state index contributed by atoms with van der Waals surface area (Å²) in [6.07, 6.45) is 1.62. The van der Waals surface area contributed by atoms with E-state index in [1.54, 1.807) is 26.3 Å². The third kappa shape index (κ3) is 8.12. The first-order valence-corrected chi connectivity index (χ1v) is 13.6. The van der Waals surface area contributed by atoms with Crippen LogP contribution in [0.15, 0.2) is 29.2 Å². The summed E-state index contributed by atoms with van der Waals surface area (Å²) in [6, 6.07) is 4.17. The van der Waals surface area contributed by atoms with Crippen molar-refractivity contribution in [1.29, 1.82) is 0 Å². The molecule has 1 aromatic carbocycles. The Bertz CT molecular complexity index is 1030. The maximum absolute atomic E-state index is 13.0. The third-order valence-electron chi connectivity index (χ3n) is 5.65. The zero-order valence-electron chi connectivity index (χ0n) is 20.4. The number of ether oxygens (including phenoxy) is 2. The number of methoxy groups -OCH3 is 1. The molecule has 0 bridgehead atoms. The van der Waals surface area contributed by atoms with E-state index in [1.807, 2.05) is 4.90 Å². The summed E-state index contributed by atoms with van der Waals surface area (Å²) < 4.78 is 37.8. The van der Waals surface area contributed by atoms with Crippen molar-refractivity contribution in [1.82, 2.24) is 15.1 Å². The molecule has 0 radical (unpaired) electrons. The van der Waals surface area contributed by atoms with Crippen LogP contribution in [0.1, 0.15) is 33.6 Å². The summed E-state index contributed by atoms with van der Waals surface area (Å²) in [7, 11) is -2.73. The van der Waals surface area contributed by atoms with Crippen molar-refractivity contribution in [3.8, 4) is 17.6 Å². The Kier molecular flexibility index (Phi) is 10.9. The van der Waals surface area contributed by atoms with E-state index in [9.17, 15) is 23.2 Å². The normalized spacial score (nSPS) is 17.2. The van der Waals surface area contributed by atoms with Crippen LogP contribution < -0.4 is 14.9 Å². The van der Waals surface area contributed by atoms with Crippen molar-refractivity contribution in [2.75, 3.05) is 32.6 Å². The Morgan fingerprint density at radius 1 is 1.31 bits per heavy atom. The zero-order chi connectivity index (χ0) is 26.1. The summed E-state index contributed by atoms with van der Waals surface area (Å²) in [4.78, 5) is 26.4. The first kappa shape index (κ1) is 28.9. The van der Waals surface area contributed by atoms with Crippen molar-refractivity contribution < 1.29 is 32.7 Å². The number of thioether (sulfide) groups is 1. The maximum Gasteiger partial charge on any atom is 0.323 e. The number of hydrogen-bond acceptors (Lipinski definition) is 9. The van der Waals surface area contributed by atoms with Gasteiger partial charge in [0.15, 0.2) is 0 Å². The lowest BCUT2D eigenvalue weighted by Gasteiger charge is -2.33. The smallest absolute Gasteiger partial charge is 0.323 e. The molecule has 1 aliphatic heterocycles. The number of sulfonamides is 1. The lowest BCUT2D eigenvalue weighted by Crippen LogP contribution is -2.56. The van der Waals surface area contributed by atoms with Crippen LogP contribution >= 0.6 is 11.8 Å². The first-order valence-electron chi connectivity index (χ1n) is 11.1. The van der Waals surface area contributed by atoms with E-state index < -0.39 is 26.7 Å². The first-order chi connectivity index (χ1) is 16.6. The summed E-state index contributed by atoms with van der Waals surface area (Å²) in [5, 5.41) is 9.27. The molecule has 35 heavy (non-hydrogen) atoms. The Morgan fingerprint density at radius 3 is 2.60 bits per heavy atom. The number of likely N-dealkylation sites (tertiary alicyclic amines) is 1. The average Bonchev–Trinajstić information content (AvgIpc) is 3.30. The molecular formula is C23H33N3O7S2. The number of carbonyl (C=O) groups excluding carboxylic acids is 2. The molecule has 0 saturated carbocycles. The van der Waals surface area contributed by atoms with Gasteiger partial charge in [-0.15, -0.1) is 5.92 Å². The molecule has 2 rings (SSSR count). The van der Waals surface area contributed by atoms with Crippen LogP contribution in [0.5, 0.6) is 5.75 Å². The number of hydrogen-bond donors (Lipinski definition) is 3. The van der Waals surface area contributed by atoms with Crippen molar-refractivity contribution in [2.24, 2.45) is 0 Å². The van der Waals surface area contributed by atoms with Gasteiger partial charge in [-0.2, -0.15) is 16.5 Å². The standard InChI is InChI=1S/C23H33N3O7S2/c1-5-6-15-33-17-9-11-18(12-10-17)35(30,31)25-20(21(27)24-29)23(2,3)34-16-14-26-13-7-8-19(26)22(28)32-4/h9-12,19-20,25,29H,7-8,13-16H2,1-4H3,(H,24,27). The molecule has 2 unspecified atom stereocenters. The van der Waals surface area contributed by atoms with Crippen molar-refractivity contribution in [2.45, 2.75) is 55.3 Å². The molecule has 1 aliphatic rings. The largest absolute Gasteiger partial charge is 0.481 e. The number of benzene rings is 1. The van der Waals surface area contributed by atoms with Crippen molar-refractivity contribution >= 4 is 33.7 Å². The number of nitrogens with zero attached hydrogens (tertiary/aromatic N) is 1. The Labute approximate surface area is 211 Å². The van der Waals surface area contributed by atoms with E-state index in [-0.39, 0.29) is 23.5 Å². The average molecular weight is 528 g/mol. The SMILES string of the molecule is CC#CCOc1ccc(S(=O)(=O)NC(C(=O)NO)C(C)(C)SCCN2CCCC2C(=O)OC)cc1. The highest BCUT2D eigenvalue weighted by atomic mass is 32.2. The number of nitrogens with one attached hydrogen (secondary N) is 2. The quantitative estimate of drug-likeness (QED) is 0.160. The topological polar surface area (TPSA) is 134 Å². The van der Waals surface area contributed by atoms with Gasteiger partial charge in [0.1, 0.15) is 24.4 Å². The fraction of sp³-hybridized carbons (Fsp3) is 0.565. The predicted octanol–water partition coefficient (Wildman–Crippen LogP) is 1.39. The second kappa shape index (κ2) is 13.1. The van der Waals surface area contributed by atoms with E-state index in [4.69, 9.17) is 9.47 Å². The van der Waals surface area contributed by atoms with E-state index in [2.05, 4.69) is 16.6 Å². The van der Waals surface area contributed by atoms with E-state index in [1.165, 1.54) is 43.1 Å². The molecule has 1 fully saturated rings. The zero-order valence-corrected chi connectivity index (χ0v) is 22.0. The molecule has 0 spiro atoms. The van der Waals surface area contributed by atoms with Gasteiger partial charge in [-0.3, -0.25) is 19.7 Å². The van der Waals surface area contributed by atoms with Crippen LogP contribution in [0.3, 0.4) is 0 Å². The van der Waals surface area contributed by atoms with Crippen molar-refractivity contribution in [3.63, 3.8) is 0 Å². The highest BCUT2D eigenvalue weighted by Crippen LogP contribution is 2.31. The number of carbonyl (C=O) groups is 2. The summed E-state index contributed by atoms with van der Waals surface area (Å²) in [5.41, 5.74) is 1.56. The van der Waals surface area contributed by atoms with Gasteiger partial charge in [-0.1, -0.05) is 5.92 Å². The molecule has 0 aromatic heterocycles. The van der Waals surface area contributed by atoms with Crippen LogP contribution in [-0.2, 0) is 24.3 Å². The Balaban J connectivity index is 2.08. The number of rotatable bonds is 12. The molecule has 1 amide bonds. The minimum atomic E-state index is -4.09. The summed E-state index contributed by atoms with van der Waals surface area (Å²) >= 11 is 1.36. The second-order valence-electron chi connectivity index (χ2n) is 8.39. The van der Waals surface area contributed by atoms with Gasteiger partial charge in [0.2, 0.25) is 10.0 Å². The Morgan fingerprint density at radius 2 is 2.00 bits per heavy atom. The molecule has 10 nitrogen and oxygen atoms in total. The van der Waals surface area contributed by atoms with Gasteiger partial charge in [-0.05, 0) is 64.4 Å². The summed E-state index contributed by atoms with van der Waals surface area (Å²) in [6.45, 7) is 6.63. The van der Waals surface area contributed by atoms with Gasteiger partial charge < -0.3 is 9.47 Å². The lowest BCUT2D eigenvalue weighted by molar-refractivity contribution is -0.145. The molecule has 0 aliphatic carbocycles.